The summed E-state index contributed by atoms with van der Waals surface area (Å²) < 4.78 is 5.20. The van der Waals surface area contributed by atoms with Gasteiger partial charge in [0.2, 0.25) is 11.8 Å². The van der Waals surface area contributed by atoms with Crippen molar-refractivity contribution in [3.05, 3.63) is 12.2 Å². The van der Waals surface area contributed by atoms with E-state index in [1.807, 2.05) is 20.8 Å². The maximum atomic E-state index is 12.3. The predicted molar refractivity (Wildman–Crippen MR) is 154 cm³/mol. The zero-order chi connectivity index (χ0) is 27.8. The summed E-state index contributed by atoms with van der Waals surface area (Å²) in [6, 6.07) is -0.540. The number of likely N-dealkylation sites (N-methyl/N-ethyl adjacent to an activating group) is 1. The molecule has 0 saturated carbocycles. The first-order valence-corrected chi connectivity index (χ1v) is 14.8. The van der Waals surface area contributed by atoms with Crippen molar-refractivity contribution >= 4 is 17.9 Å². The van der Waals surface area contributed by atoms with Crippen molar-refractivity contribution in [3.63, 3.8) is 0 Å². The van der Waals surface area contributed by atoms with Gasteiger partial charge in [0.05, 0.1) is 0 Å². The summed E-state index contributed by atoms with van der Waals surface area (Å²) in [6.07, 6.45) is 22.5. The number of carbonyl (C=O) groups is 3. The Morgan fingerprint density at radius 1 is 0.784 bits per heavy atom. The van der Waals surface area contributed by atoms with Gasteiger partial charge in [0.15, 0.2) is 0 Å². The van der Waals surface area contributed by atoms with E-state index in [4.69, 9.17) is 4.74 Å². The Kier molecular flexibility index (Phi) is 21.8. The Bertz CT molecular complexity index is 629. The molecule has 0 rings (SSSR count). The normalized spacial score (nSPS) is 12.4. The van der Waals surface area contributed by atoms with E-state index in [0.717, 1.165) is 25.7 Å². The van der Waals surface area contributed by atoms with Gasteiger partial charge in [-0.05, 0) is 72.1 Å². The summed E-state index contributed by atoms with van der Waals surface area (Å²) in [4.78, 5) is 36.2. The van der Waals surface area contributed by atoms with Crippen molar-refractivity contribution in [2.75, 3.05) is 13.6 Å². The lowest BCUT2D eigenvalue weighted by atomic mass is 10.1. The minimum Gasteiger partial charge on any atom is -0.444 e. The zero-order valence-electron chi connectivity index (χ0n) is 24.6. The second kappa shape index (κ2) is 23.1. The van der Waals surface area contributed by atoms with Crippen molar-refractivity contribution in [2.45, 2.75) is 148 Å². The molecule has 0 aliphatic heterocycles. The number of ether oxygens (including phenoxy) is 1. The van der Waals surface area contributed by atoms with E-state index < -0.39 is 17.7 Å². The van der Waals surface area contributed by atoms with Gasteiger partial charge in [0.1, 0.15) is 11.6 Å². The van der Waals surface area contributed by atoms with Crippen LogP contribution in [0, 0.1) is 0 Å². The van der Waals surface area contributed by atoms with Crippen molar-refractivity contribution < 1.29 is 19.1 Å². The number of rotatable bonds is 22. The maximum absolute atomic E-state index is 12.3. The third-order valence-corrected chi connectivity index (χ3v) is 6.15. The summed E-state index contributed by atoms with van der Waals surface area (Å²) >= 11 is 0. The molecule has 0 aliphatic carbocycles. The van der Waals surface area contributed by atoms with Crippen LogP contribution in [0.4, 0.5) is 4.79 Å². The van der Waals surface area contributed by atoms with E-state index in [-0.39, 0.29) is 11.8 Å². The largest absolute Gasteiger partial charge is 0.444 e. The summed E-state index contributed by atoms with van der Waals surface area (Å²) in [6.45, 7) is 8.18. The smallest absolute Gasteiger partial charge is 0.407 e. The van der Waals surface area contributed by atoms with E-state index in [1.165, 1.54) is 57.8 Å². The van der Waals surface area contributed by atoms with Gasteiger partial charge < -0.3 is 20.7 Å². The van der Waals surface area contributed by atoms with E-state index >= 15 is 0 Å². The number of amides is 3. The van der Waals surface area contributed by atoms with Crippen molar-refractivity contribution in [3.8, 4) is 0 Å². The van der Waals surface area contributed by atoms with Crippen LogP contribution in [-0.4, -0.2) is 43.1 Å². The Hall–Kier alpha value is -2.05. The molecule has 0 aromatic rings. The fourth-order valence-corrected chi connectivity index (χ4v) is 4.04. The van der Waals surface area contributed by atoms with Crippen LogP contribution in [0.1, 0.15) is 137 Å². The Balaban J connectivity index is 3.84. The molecule has 7 nitrogen and oxygen atoms in total. The second-order valence-electron chi connectivity index (χ2n) is 11.0. The van der Waals surface area contributed by atoms with Crippen LogP contribution >= 0.6 is 0 Å². The molecule has 37 heavy (non-hydrogen) atoms. The zero-order valence-corrected chi connectivity index (χ0v) is 24.6. The van der Waals surface area contributed by atoms with Crippen molar-refractivity contribution in [1.29, 1.82) is 0 Å². The highest BCUT2D eigenvalue weighted by Crippen LogP contribution is 2.11. The quantitative estimate of drug-likeness (QED) is 0.106. The molecule has 0 fully saturated rings. The molecule has 7 heteroatoms. The van der Waals surface area contributed by atoms with E-state index in [2.05, 4.69) is 35.0 Å². The second-order valence-corrected chi connectivity index (χ2v) is 11.0. The summed E-state index contributed by atoms with van der Waals surface area (Å²) in [5, 5.41) is 8.22. The monoisotopic (exact) mass is 523 g/mol. The Morgan fingerprint density at radius 3 is 1.92 bits per heavy atom. The molecule has 0 spiro atoms. The lowest BCUT2D eigenvalue weighted by Gasteiger charge is -2.20. The molecule has 1 atom stereocenters. The molecule has 0 bridgehead atoms. The molecule has 3 N–H and O–H groups in total. The number of hydrogen-bond acceptors (Lipinski definition) is 4. The number of nitrogens with one attached hydrogen (secondary N) is 3. The molecular formula is C30H57N3O4. The molecule has 3 amide bonds. The number of alkyl carbamates (subject to hydrolysis) is 1. The van der Waals surface area contributed by atoms with Crippen LogP contribution in [-0.2, 0) is 14.3 Å². The lowest BCUT2D eigenvalue weighted by Crippen LogP contribution is -2.45. The van der Waals surface area contributed by atoms with Gasteiger partial charge in [-0.1, -0.05) is 70.4 Å². The van der Waals surface area contributed by atoms with Gasteiger partial charge in [-0.3, -0.25) is 9.59 Å². The van der Waals surface area contributed by atoms with E-state index in [0.29, 0.717) is 32.2 Å². The average Bonchev–Trinajstić information content (AvgIpc) is 2.83. The summed E-state index contributed by atoms with van der Waals surface area (Å²) in [7, 11) is 1.58. The van der Waals surface area contributed by atoms with Crippen LogP contribution in [0.3, 0.4) is 0 Å². The van der Waals surface area contributed by atoms with Crippen LogP contribution < -0.4 is 16.0 Å². The fraction of sp³-hybridized carbons (Fsp3) is 0.833. The summed E-state index contributed by atoms with van der Waals surface area (Å²) in [5.74, 6) is -0.254. The van der Waals surface area contributed by atoms with Gasteiger partial charge in [-0.25, -0.2) is 4.79 Å². The molecule has 0 heterocycles. The first kappa shape index (κ1) is 35.0. The number of allylic oxidation sites excluding steroid dienone is 2. The summed E-state index contributed by atoms with van der Waals surface area (Å²) in [5.41, 5.74) is -0.525. The minimum atomic E-state index is -0.540. The molecule has 0 aliphatic rings. The predicted octanol–water partition coefficient (Wildman–Crippen LogP) is 6.95. The Labute approximate surface area is 227 Å². The molecule has 0 aromatic carbocycles. The van der Waals surface area contributed by atoms with Gasteiger partial charge in [0.25, 0.3) is 0 Å². The van der Waals surface area contributed by atoms with Gasteiger partial charge in [-0.15, -0.1) is 0 Å². The standard InChI is InChI=1S/C30H57N3O4/c1-6-7-8-9-10-11-12-13-14-15-16-17-18-19-20-24-27(34)33-26(28(35)31-5)23-21-22-25-32-29(36)37-30(2,3)4/h13-14,26H,6-12,15-25H2,1-5H3,(H,31,35)(H,32,36)(H,33,34). The van der Waals surface area contributed by atoms with Crippen molar-refractivity contribution in [2.24, 2.45) is 0 Å². The van der Waals surface area contributed by atoms with E-state index in [1.54, 1.807) is 7.05 Å². The molecule has 216 valence electrons. The third kappa shape index (κ3) is 24.1. The molecule has 1 unspecified atom stereocenters. The van der Waals surface area contributed by atoms with Crippen LogP contribution in [0.2, 0.25) is 0 Å². The van der Waals surface area contributed by atoms with Crippen LogP contribution in [0.15, 0.2) is 12.2 Å². The van der Waals surface area contributed by atoms with Crippen molar-refractivity contribution in [1.82, 2.24) is 16.0 Å². The SMILES string of the molecule is CCCCCCCCC=CCCCCCCCC(=O)NC(CCCCNC(=O)OC(C)(C)C)C(=O)NC. The number of carbonyl (C=O) groups excluding carboxylic acids is 3. The first-order chi connectivity index (χ1) is 17.7. The minimum absolute atomic E-state index is 0.0712. The first-order valence-electron chi connectivity index (χ1n) is 14.8. The van der Waals surface area contributed by atoms with Gasteiger partial charge in [0, 0.05) is 20.0 Å². The highest BCUT2D eigenvalue weighted by molar-refractivity contribution is 5.87. The highest BCUT2D eigenvalue weighted by atomic mass is 16.6. The molecule has 0 aromatic heterocycles. The van der Waals surface area contributed by atoms with Gasteiger partial charge >= 0.3 is 6.09 Å². The molecular weight excluding hydrogens is 466 g/mol. The highest BCUT2D eigenvalue weighted by Gasteiger charge is 2.19. The third-order valence-electron chi connectivity index (χ3n) is 6.15. The average molecular weight is 524 g/mol. The fourth-order valence-electron chi connectivity index (χ4n) is 4.04. The van der Waals surface area contributed by atoms with Crippen LogP contribution in [0.25, 0.3) is 0 Å². The van der Waals surface area contributed by atoms with E-state index in [9.17, 15) is 14.4 Å². The molecule has 0 saturated heterocycles. The van der Waals surface area contributed by atoms with Crippen LogP contribution in [0.5, 0.6) is 0 Å². The maximum Gasteiger partial charge on any atom is 0.407 e. The Morgan fingerprint density at radius 2 is 1.35 bits per heavy atom. The number of hydrogen-bond donors (Lipinski definition) is 3. The lowest BCUT2D eigenvalue weighted by molar-refractivity contribution is -0.129. The number of unbranched alkanes of at least 4 members (excludes halogenated alkanes) is 12. The van der Waals surface area contributed by atoms with Gasteiger partial charge in [-0.2, -0.15) is 0 Å². The topological polar surface area (TPSA) is 96.5 Å². The molecule has 0 radical (unpaired) electrons.